The van der Waals surface area contributed by atoms with E-state index in [4.69, 9.17) is 14.7 Å². The van der Waals surface area contributed by atoms with Gasteiger partial charge in [-0.1, -0.05) is 0 Å². The summed E-state index contributed by atoms with van der Waals surface area (Å²) in [6.07, 6.45) is 2.45. The van der Waals surface area contributed by atoms with E-state index in [9.17, 15) is 4.79 Å². The highest BCUT2D eigenvalue weighted by atomic mass is 16.6. The lowest BCUT2D eigenvalue weighted by atomic mass is 10.2. The first kappa shape index (κ1) is 13.5. The number of ether oxygens (including phenoxy) is 2. The highest BCUT2D eigenvalue weighted by Gasteiger charge is 2.26. The normalized spacial score (nSPS) is 21.3. The Morgan fingerprint density at radius 3 is 2.88 bits per heavy atom. The van der Waals surface area contributed by atoms with Crippen LogP contribution >= 0.6 is 0 Å². The maximum absolute atomic E-state index is 11.8. The Morgan fingerprint density at radius 2 is 2.29 bits per heavy atom. The largest absolute Gasteiger partial charge is 0.444 e. The van der Waals surface area contributed by atoms with Crippen LogP contribution in [0.3, 0.4) is 0 Å². The van der Waals surface area contributed by atoms with E-state index in [2.05, 4.69) is 0 Å². The molecule has 0 N–H and O–H groups in total. The standard InChI is InChI=1S/C12H18N2O3/c1-12(2,3)17-11(15)14-7-8-16-10(9-14)5-4-6-13/h4-5,10H,7-9H2,1-3H3/b5-4+/t10-/m0/s1. The molecule has 0 aromatic rings. The van der Waals surface area contributed by atoms with Crippen LogP contribution in [0.25, 0.3) is 0 Å². The Bertz CT molecular complexity index is 339. The molecule has 1 rings (SSSR count). The fraction of sp³-hybridized carbons (Fsp3) is 0.667. The van der Waals surface area contributed by atoms with E-state index in [-0.39, 0.29) is 12.2 Å². The first-order valence-electron chi connectivity index (χ1n) is 5.58. The number of allylic oxidation sites excluding steroid dienone is 1. The molecular formula is C12H18N2O3. The molecule has 5 nitrogen and oxygen atoms in total. The molecule has 1 aliphatic heterocycles. The number of morpholine rings is 1. The molecule has 94 valence electrons. The van der Waals surface area contributed by atoms with Gasteiger partial charge < -0.3 is 14.4 Å². The van der Waals surface area contributed by atoms with E-state index < -0.39 is 5.60 Å². The molecule has 1 aliphatic rings. The molecule has 5 heteroatoms. The second kappa shape index (κ2) is 5.69. The highest BCUT2D eigenvalue weighted by Crippen LogP contribution is 2.13. The third-order valence-corrected chi connectivity index (χ3v) is 2.13. The van der Waals surface area contributed by atoms with Crippen molar-refractivity contribution in [2.24, 2.45) is 0 Å². The number of hydrogen-bond acceptors (Lipinski definition) is 4. The van der Waals surface area contributed by atoms with E-state index >= 15 is 0 Å². The third kappa shape index (κ3) is 4.87. The summed E-state index contributed by atoms with van der Waals surface area (Å²) in [5, 5.41) is 8.43. The fourth-order valence-corrected chi connectivity index (χ4v) is 1.43. The molecule has 0 bridgehead atoms. The molecule has 0 aliphatic carbocycles. The predicted octanol–water partition coefficient (Wildman–Crippen LogP) is 1.70. The van der Waals surface area contributed by atoms with Gasteiger partial charge in [0.05, 0.1) is 25.3 Å². The van der Waals surface area contributed by atoms with Gasteiger partial charge in [-0.2, -0.15) is 5.26 Å². The lowest BCUT2D eigenvalue weighted by Crippen LogP contribution is -2.46. The van der Waals surface area contributed by atoms with Gasteiger partial charge >= 0.3 is 6.09 Å². The van der Waals surface area contributed by atoms with Gasteiger partial charge in [0.2, 0.25) is 0 Å². The van der Waals surface area contributed by atoms with Gasteiger partial charge in [-0.15, -0.1) is 0 Å². The topological polar surface area (TPSA) is 62.6 Å². The lowest BCUT2D eigenvalue weighted by molar-refractivity contribution is -0.0263. The molecule has 1 amide bonds. The molecule has 0 radical (unpaired) electrons. The molecule has 0 spiro atoms. The zero-order valence-corrected chi connectivity index (χ0v) is 10.5. The molecule has 0 aromatic carbocycles. The van der Waals surface area contributed by atoms with E-state index in [0.717, 1.165) is 0 Å². The minimum atomic E-state index is -0.493. The van der Waals surface area contributed by atoms with Crippen LogP contribution in [0.1, 0.15) is 20.8 Å². The van der Waals surface area contributed by atoms with Gasteiger partial charge in [0.25, 0.3) is 0 Å². The van der Waals surface area contributed by atoms with Gasteiger partial charge in [-0.25, -0.2) is 4.79 Å². The van der Waals surface area contributed by atoms with Crippen LogP contribution < -0.4 is 0 Å². The van der Waals surface area contributed by atoms with Crippen LogP contribution in [0, 0.1) is 11.3 Å². The van der Waals surface area contributed by atoms with Gasteiger partial charge in [0.15, 0.2) is 0 Å². The first-order chi connectivity index (χ1) is 7.92. The summed E-state index contributed by atoms with van der Waals surface area (Å²) in [5.41, 5.74) is -0.493. The van der Waals surface area contributed by atoms with Gasteiger partial charge in [0.1, 0.15) is 5.60 Å². The molecular weight excluding hydrogens is 220 g/mol. The van der Waals surface area contributed by atoms with Crippen LogP contribution in [-0.4, -0.2) is 42.4 Å². The van der Waals surface area contributed by atoms with Crippen molar-refractivity contribution in [1.82, 2.24) is 4.90 Å². The van der Waals surface area contributed by atoms with Crippen molar-refractivity contribution in [3.05, 3.63) is 12.2 Å². The average molecular weight is 238 g/mol. The van der Waals surface area contributed by atoms with Crippen molar-refractivity contribution in [2.75, 3.05) is 19.7 Å². The molecule has 0 saturated carbocycles. The van der Waals surface area contributed by atoms with Crippen LogP contribution in [0.5, 0.6) is 0 Å². The summed E-state index contributed by atoms with van der Waals surface area (Å²) in [6.45, 7) is 6.90. The van der Waals surface area contributed by atoms with E-state index in [1.165, 1.54) is 6.08 Å². The summed E-state index contributed by atoms with van der Waals surface area (Å²) in [7, 11) is 0. The summed E-state index contributed by atoms with van der Waals surface area (Å²) >= 11 is 0. The van der Waals surface area contributed by atoms with Crippen LogP contribution in [0.4, 0.5) is 4.79 Å². The Labute approximate surface area is 102 Å². The number of amides is 1. The predicted molar refractivity (Wildman–Crippen MR) is 62.3 cm³/mol. The fourth-order valence-electron chi connectivity index (χ4n) is 1.43. The monoisotopic (exact) mass is 238 g/mol. The number of nitriles is 1. The van der Waals surface area contributed by atoms with Gasteiger partial charge in [-0.3, -0.25) is 0 Å². The first-order valence-corrected chi connectivity index (χ1v) is 5.58. The van der Waals surface area contributed by atoms with E-state index in [0.29, 0.717) is 19.7 Å². The maximum atomic E-state index is 11.8. The van der Waals surface area contributed by atoms with Gasteiger partial charge in [-0.05, 0) is 26.8 Å². The van der Waals surface area contributed by atoms with E-state index in [1.807, 2.05) is 26.8 Å². The summed E-state index contributed by atoms with van der Waals surface area (Å²) in [5.74, 6) is 0. The number of carbonyl (C=O) groups is 1. The highest BCUT2D eigenvalue weighted by molar-refractivity contribution is 5.68. The van der Waals surface area contributed by atoms with Crippen molar-refractivity contribution in [1.29, 1.82) is 5.26 Å². The van der Waals surface area contributed by atoms with Crippen molar-refractivity contribution < 1.29 is 14.3 Å². The summed E-state index contributed by atoms with van der Waals surface area (Å²) in [6, 6.07) is 1.90. The molecule has 17 heavy (non-hydrogen) atoms. The zero-order chi connectivity index (χ0) is 12.9. The molecule has 1 fully saturated rings. The molecule has 1 saturated heterocycles. The zero-order valence-electron chi connectivity index (χ0n) is 10.5. The number of hydrogen-bond donors (Lipinski definition) is 0. The van der Waals surface area contributed by atoms with Crippen molar-refractivity contribution in [3.8, 4) is 6.07 Å². The Balaban J connectivity index is 2.52. The van der Waals surface area contributed by atoms with Crippen molar-refractivity contribution in [3.63, 3.8) is 0 Å². The third-order valence-electron chi connectivity index (χ3n) is 2.13. The minimum Gasteiger partial charge on any atom is -0.444 e. The van der Waals surface area contributed by atoms with Crippen molar-refractivity contribution in [2.45, 2.75) is 32.5 Å². The summed E-state index contributed by atoms with van der Waals surface area (Å²) < 4.78 is 10.7. The van der Waals surface area contributed by atoms with E-state index in [1.54, 1.807) is 11.0 Å². The molecule has 1 heterocycles. The van der Waals surface area contributed by atoms with Crippen molar-refractivity contribution >= 4 is 6.09 Å². The minimum absolute atomic E-state index is 0.226. The van der Waals surface area contributed by atoms with Crippen LogP contribution in [-0.2, 0) is 9.47 Å². The Morgan fingerprint density at radius 1 is 1.59 bits per heavy atom. The smallest absolute Gasteiger partial charge is 0.410 e. The number of rotatable bonds is 1. The lowest BCUT2D eigenvalue weighted by Gasteiger charge is -2.33. The maximum Gasteiger partial charge on any atom is 0.410 e. The number of carbonyl (C=O) groups excluding carboxylic acids is 1. The van der Waals surface area contributed by atoms with Crippen LogP contribution in [0.15, 0.2) is 12.2 Å². The molecule has 0 aromatic heterocycles. The second-order valence-corrected chi connectivity index (χ2v) is 4.82. The average Bonchev–Trinajstić information content (AvgIpc) is 2.24. The van der Waals surface area contributed by atoms with Crippen LogP contribution in [0.2, 0.25) is 0 Å². The Kier molecular flexibility index (Phi) is 4.53. The Hall–Kier alpha value is -1.54. The molecule has 1 atom stereocenters. The molecule has 0 unspecified atom stereocenters. The SMILES string of the molecule is CC(C)(C)OC(=O)N1CCO[C@@H](/C=C/C#N)C1. The second-order valence-electron chi connectivity index (χ2n) is 4.82. The quantitative estimate of drug-likeness (QED) is 0.652. The summed E-state index contributed by atoms with van der Waals surface area (Å²) in [4.78, 5) is 13.4. The van der Waals surface area contributed by atoms with Gasteiger partial charge in [0, 0.05) is 12.6 Å². The number of nitrogens with zero attached hydrogens (tertiary/aromatic N) is 2.